The van der Waals surface area contributed by atoms with Crippen LogP contribution in [0.3, 0.4) is 0 Å². The molecule has 1 aliphatic carbocycles. The fraction of sp³-hybridized carbons (Fsp3) is 0.389. The zero-order chi connectivity index (χ0) is 16.5. The number of nitrogens with one attached hydrogen (secondary N) is 1. The predicted octanol–water partition coefficient (Wildman–Crippen LogP) is 4.31. The maximum absolute atomic E-state index is 12.3. The van der Waals surface area contributed by atoms with Crippen molar-refractivity contribution >= 4 is 12.0 Å². The van der Waals surface area contributed by atoms with Crippen molar-refractivity contribution in [1.82, 2.24) is 5.32 Å². The Morgan fingerprint density at radius 2 is 2.13 bits per heavy atom. The number of para-hydroxylation sites is 1. The minimum atomic E-state index is -2.89. The maximum atomic E-state index is 12.3. The first-order valence-corrected chi connectivity index (χ1v) is 7.83. The van der Waals surface area contributed by atoms with Gasteiger partial charge < -0.3 is 10.1 Å². The Morgan fingerprint density at radius 3 is 2.87 bits per heavy atom. The van der Waals surface area contributed by atoms with Crippen molar-refractivity contribution in [1.29, 1.82) is 0 Å². The van der Waals surface area contributed by atoms with Crippen molar-refractivity contribution in [3.63, 3.8) is 0 Å². The van der Waals surface area contributed by atoms with Crippen LogP contribution in [0.25, 0.3) is 6.08 Å². The molecule has 0 aromatic heterocycles. The second-order valence-corrected chi connectivity index (χ2v) is 5.40. The number of alkyl halides is 2. The van der Waals surface area contributed by atoms with Crippen molar-refractivity contribution in [2.75, 3.05) is 6.54 Å². The molecule has 0 saturated heterocycles. The molecule has 0 bridgehead atoms. The fourth-order valence-electron chi connectivity index (χ4n) is 2.52. The number of hydrogen-bond donors (Lipinski definition) is 1. The third-order valence-electron chi connectivity index (χ3n) is 3.68. The van der Waals surface area contributed by atoms with Gasteiger partial charge in [-0.05, 0) is 44.2 Å². The maximum Gasteiger partial charge on any atom is 0.387 e. The van der Waals surface area contributed by atoms with Crippen LogP contribution in [-0.4, -0.2) is 19.1 Å². The van der Waals surface area contributed by atoms with Gasteiger partial charge in [-0.15, -0.1) is 0 Å². The van der Waals surface area contributed by atoms with E-state index < -0.39 is 6.61 Å². The summed E-state index contributed by atoms with van der Waals surface area (Å²) in [6.45, 7) is -2.30. The molecule has 0 unspecified atom stereocenters. The lowest BCUT2D eigenvalue weighted by atomic mass is 9.97. The first-order valence-electron chi connectivity index (χ1n) is 7.83. The molecule has 124 valence electrons. The number of rotatable bonds is 7. The molecule has 1 aromatic rings. The first-order chi connectivity index (χ1) is 11.1. The Bertz CT molecular complexity index is 582. The Kier molecular flexibility index (Phi) is 6.78. The largest absolute Gasteiger partial charge is 0.434 e. The minimum Gasteiger partial charge on any atom is -0.434 e. The molecule has 1 amide bonds. The normalized spacial score (nSPS) is 14.8. The lowest BCUT2D eigenvalue weighted by Crippen LogP contribution is -2.22. The number of carbonyl (C=O) groups excluding carboxylic acids is 1. The number of ether oxygens (including phenoxy) is 1. The zero-order valence-corrected chi connectivity index (χ0v) is 12.9. The van der Waals surface area contributed by atoms with Crippen molar-refractivity contribution in [2.24, 2.45) is 0 Å². The quantitative estimate of drug-likeness (QED) is 0.600. The van der Waals surface area contributed by atoms with Gasteiger partial charge in [0.15, 0.2) is 0 Å². The average Bonchev–Trinajstić information content (AvgIpc) is 2.54. The topological polar surface area (TPSA) is 38.3 Å². The van der Waals surface area contributed by atoms with Crippen molar-refractivity contribution in [3.05, 3.63) is 47.6 Å². The fourth-order valence-corrected chi connectivity index (χ4v) is 2.52. The third-order valence-corrected chi connectivity index (χ3v) is 3.68. The van der Waals surface area contributed by atoms with Gasteiger partial charge in [0.1, 0.15) is 5.75 Å². The highest BCUT2D eigenvalue weighted by atomic mass is 19.3. The second kappa shape index (κ2) is 9.08. The summed E-state index contributed by atoms with van der Waals surface area (Å²) in [5, 5.41) is 2.80. The molecule has 1 aromatic carbocycles. The SMILES string of the molecule is O=C(/C=C/c1ccccc1OC(F)F)NCCC1=CCCCC1. The van der Waals surface area contributed by atoms with Crippen molar-refractivity contribution < 1.29 is 18.3 Å². The van der Waals surface area contributed by atoms with Crippen molar-refractivity contribution in [3.8, 4) is 5.75 Å². The summed E-state index contributed by atoms with van der Waals surface area (Å²) in [7, 11) is 0. The Morgan fingerprint density at radius 1 is 1.30 bits per heavy atom. The van der Waals surface area contributed by atoms with Crippen molar-refractivity contribution in [2.45, 2.75) is 38.7 Å². The molecular weight excluding hydrogens is 300 g/mol. The molecule has 1 N–H and O–H groups in total. The highest BCUT2D eigenvalue weighted by Gasteiger charge is 2.07. The predicted molar refractivity (Wildman–Crippen MR) is 86.3 cm³/mol. The highest BCUT2D eigenvalue weighted by Crippen LogP contribution is 2.21. The standard InChI is InChI=1S/C18H21F2NO2/c19-18(20)23-16-9-5-4-8-15(16)10-11-17(22)21-13-12-14-6-2-1-3-7-14/h4-6,8-11,18H,1-3,7,12-13H2,(H,21,22)/b11-10+. The summed E-state index contributed by atoms with van der Waals surface area (Å²) in [6.07, 6.45) is 10.7. The highest BCUT2D eigenvalue weighted by molar-refractivity contribution is 5.92. The summed E-state index contributed by atoms with van der Waals surface area (Å²) in [4.78, 5) is 11.8. The van der Waals surface area contributed by atoms with E-state index in [-0.39, 0.29) is 11.7 Å². The molecule has 0 spiro atoms. The van der Waals surface area contributed by atoms with Crippen LogP contribution in [-0.2, 0) is 4.79 Å². The first kappa shape index (κ1) is 17.2. The van der Waals surface area contributed by atoms with E-state index in [0.717, 1.165) is 19.3 Å². The molecule has 2 rings (SSSR count). The molecule has 0 heterocycles. The molecule has 3 nitrogen and oxygen atoms in total. The number of carbonyl (C=O) groups is 1. The number of halogens is 2. The Hall–Kier alpha value is -2.17. The zero-order valence-electron chi connectivity index (χ0n) is 12.9. The van der Waals surface area contributed by atoms with Gasteiger partial charge in [-0.25, -0.2) is 0 Å². The van der Waals surface area contributed by atoms with Gasteiger partial charge in [0.2, 0.25) is 5.91 Å². The number of allylic oxidation sites excluding steroid dienone is 1. The van der Waals surface area contributed by atoms with Crippen LogP contribution in [0.4, 0.5) is 8.78 Å². The van der Waals surface area contributed by atoms with Crippen LogP contribution in [0.1, 0.15) is 37.7 Å². The minimum absolute atomic E-state index is 0.0545. The molecule has 23 heavy (non-hydrogen) atoms. The average molecular weight is 321 g/mol. The van der Waals surface area contributed by atoms with Crippen LogP contribution in [0.2, 0.25) is 0 Å². The molecule has 0 atom stereocenters. The van der Waals surface area contributed by atoms with E-state index in [1.165, 1.54) is 36.6 Å². The second-order valence-electron chi connectivity index (χ2n) is 5.40. The van der Waals surface area contributed by atoms with E-state index in [4.69, 9.17) is 0 Å². The lowest BCUT2D eigenvalue weighted by Gasteiger charge is -2.12. The summed E-state index contributed by atoms with van der Waals surface area (Å²) in [6, 6.07) is 6.37. The smallest absolute Gasteiger partial charge is 0.387 e. The van der Waals surface area contributed by atoms with E-state index >= 15 is 0 Å². The summed E-state index contributed by atoms with van der Waals surface area (Å²) < 4.78 is 29.0. The van der Waals surface area contributed by atoms with E-state index in [0.29, 0.717) is 12.1 Å². The van der Waals surface area contributed by atoms with Crippen LogP contribution < -0.4 is 10.1 Å². The molecule has 1 aliphatic rings. The molecular formula is C18H21F2NO2. The molecule has 0 radical (unpaired) electrons. The lowest BCUT2D eigenvalue weighted by molar-refractivity contribution is -0.116. The van der Waals surface area contributed by atoms with Gasteiger partial charge >= 0.3 is 6.61 Å². The Balaban J connectivity index is 1.82. The molecule has 0 aliphatic heterocycles. The van der Waals surface area contributed by atoms with Crippen LogP contribution in [0, 0.1) is 0 Å². The van der Waals surface area contributed by atoms with Gasteiger partial charge in [-0.1, -0.05) is 29.8 Å². The van der Waals surface area contributed by atoms with Gasteiger partial charge in [-0.2, -0.15) is 8.78 Å². The van der Waals surface area contributed by atoms with Gasteiger partial charge in [-0.3, -0.25) is 4.79 Å². The summed E-state index contributed by atoms with van der Waals surface area (Å²) in [5.74, 6) is -0.188. The summed E-state index contributed by atoms with van der Waals surface area (Å²) in [5.41, 5.74) is 1.84. The Labute approximate surface area is 135 Å². The number of hydrogen-bond acceptors (Lipinski definition) is 2. The van der Waals surface area contributed by atoms with Crippen LogP contribution in [0.5, 0.6) is 5.75 Å². The summed E-state index contributed by atoms with van der Waals surface area (Å²) >= 11 is 0. The monoisotopic (exact) mass is 321 g/mol. The van der Waals surface area contributed by atoms with E-state index in [9.17, 15) is 13.6 Å². The number of benzene rings is 1. The molecule has 5 heteroatoms. The van der Waals surface area contributed by atoms with E-state index in [1.807, 2.05) is 0 Å². The van der Waals surface area contributed by atoms with Gasteiger partial charge in [0.05, 0.1) is 0 Å². The van der Waals surface area contributed by atoms with Gasteiger partial charge in [0.25, 0.3) is 0 Å². The van der Waals surface area contributed by atoms with Crippen LogP contribution in [0.15, 0.2) is 42.0 Å². The molecule has 0 fully saturated rings. The third kappa shape index (κ3) is 6.22. The van der Waals surface area contributed by atoms with Crippen LogP contribution >= 0.6 is 0 Å². The van der Waals surface area contributed by atoms with E-state index in [2.05, 4.69) is 16.1 Å². The number of amides is 1. The molecule has 0 saturated carbocycles. The van der Waals surface area contributed by atoms with E-state index in [1.54, 1.807) is 18.2 Å². The van der Waals surface area contributed by atoms with Gasteiger partial charge in [0, 0.05) is 18.2 Å².